The van der Waals surface area contributed by atoms with Gasteiger partial charge in [0.25, 0.3) is 5.56 Å². The Morgan fingerprint density at radius 2 is 2.16 bits per heavy atom. The highest BCUT2D eigenvalue weighted by Crippen LogP contribution is 2.28. The molecule has 0 aliphatic carbocycles. The third-order valence-electron chi connectivity index (χ3n) is 3.96. The Bertz CT molecular complexity index is 983. The van der Waals surface area contributed by atoms with Crippen LogP contribution in [0, 0.1) is 5.82 Å². The largest absolute Gasteiger partial charge is 0.504 e. The van der Waals surface area contributed by atoms with E-state index < -0.39 is 27.0 Å². The molecule has 0 amide bonds. The van der Waals surface area contributed by atoms with E-state index in [4.69, 9.17) is 11.6 Å². The van der Waals surface area contributed by atoms with E-state index in [0.717, 1.165) is 6.26 Å². The number of nitrogens with zero attached hydrogens (tertiary/aromatic N) is 2. The van der Waals surface area contributed by atoms with Gasteiger partial charge in [0, 0.05) is 31.5 Å². The first-order chi connectivity index (χ1) is 11.6. The van der Waals surface area contributed by atoms with Crippen LogP contribution in [0.4, 0.5) is 4.39 Å². The van der Waals surface area contributed by atoms with Crippen LogP contribution in [-0.2, 0) is 29.3 Å². The number of halogens is 2. The molecule has 1 aromatic heterocycles. The van der Waals surface area contributed by atoms with Gasteiger partial charge in [0.2, 0.25) is 15.0 Å². The number of phenolic OH excluding ortho intramolecular Hbond substituents is 1. The van der Waals surface area contributed by atoms with E-state index in [1.54, 1.807) is 0 Å². The summed E-state index contributed by atoms with van der Waals surface area (Å²) in [4.78, 5) is 20.3. The van der Waals surface area contributed by atoms with Crippen molar-refractivity contribution in [2.45, 2.75) is 24.7 Å². The molecule has 7 nitrogen and oxygen atoms in total. The van der Waals surface area contributed by atoms with Crippen LogP contribution in [-0.4, -0.2) is 41.2 Å². The third kappa shape index (κ3) is 3.68. The van der Waals surface area contributed by atoms with Gasteiger partial charge in [-0.3, -0.25) is 14.7 Å². The van der Waals surface area contributed by atoms with Crippen molar-refractivity contribution in [1.82, 2.24) is 14.9 Å². The lowest BCUT2D eigenvalue weighted by Gasteiger charge is -2.27. The Kier molecular flexibility index (Phi) is 4.56. The number of H-pyrrole nitrogens is 1. The highest BCUT2D eigenvalue weighted by molar-refractivity contribution is 7.90. The second kappa shape index (κ2) is 6.40. The number of aromatic amines is 1. The molecule has 0 saturated heterocycles. The van der Waals surface area contributed by atoms with Crippen LogP contribution in [0.3, 0.4) is 0 Å². The molecule has 0 unspecified atom stereocenters. The van der Waals surface area contributed by atoms with Crippen molar-refractivity contribution in [3.8, 4) is 5.75 Å². The molecule has 1 aliphatic rings. The Balaban J connectivity index is 1.88. The molecule has 0 saturated carbocycles. The van der Waals surface area contributed by atoms with Crippen molar-refractivity contribution in [2.75, 3.05) is 12.8 Å². The molecule has 0 radical (unpaired) electrons. The van der Waals surface area contributed by atoms with Crippen LogP contribution in [0.25, 0.3) is 0 Å². The van der Waals surface area contributed by atoms with Crippen LogP contribution in [0.15, 0.2) is 22.1 Å². The van der Waals surface area contributed by atoms with Gasteiger partial charge in [-0.25, -0.2) is 17.8 Å². The zero-order valence-electron chi connectivity index (χ0n) is 13.2. The molecule has 1 aromatic carbocycles. The van der Waals surface area contributed by atoms with Crippen molar-refractivity contribution >= 4 is 21.4 Å². The highest BCUT2D eigenvalue weighted by Gasteiger charge is 2.24. The molecular formula is C15H15ClFN3O4S. The first kappa shape index (κ1) is 17.8. The number of sulfone groups is 1. The Labute approximate surface area is 148 Å². The van der Waals surface area contributed by atoms with Gasteiger partial charge in [0.15, 0.2) is 11.6 Å². The van der Waals surface area contributed by atoms with Crippen LogP contribution in [0.1, 0.15) is 16.8 Å². The summed E-state index contributed by atoms with van der Waals surface area (Å²) in [5, 5.41) is 8.93. The van der Waals surface area contributed by atoms with E-state index in [2.05, 4.69) is 9.97 Å². The monoisotopic (exact) mass is 387 g/mol. The summed E-state index contributed by atoms with van der Waals surface area (Å²) in [5.74, 6) is -1.41. The summed E-state index contributed by atoms with van der Waals surface area (Å²) in [6, 6.07) is 2.65. The van der Waals surface area contributed by atoms with Crippen molar-refractivity contribution < 1.29 is 17.9 Å². The van der Waals surface area contributed by atoms with Gasteiger partial charge in [-0.15, -0.1) is 0 Å². The Morgan fingerprint density at radius 1 is 1.44 bits per heavy atom. The quantitative estimate of drug-likeness (QED) is 0.768. The predicted molar refractivity (Wildman–Crippen MR) is 88.9 cm³/mol. The molecule has 0 fully saturated rings. The zero-order chi connectivity index (χ0) is 18.4. The maximum atomic E-state index is 13.6. The molecule has 3 rings (SSSR count). The number of hydrogen-bond acceptors (Lipinski definition) is 6. The fourth-order valence-corrected chi connectivity index (χ4v) is 3.53. The van der Waals surface area contributed by atoms with Gasteiger partial charge in [0.05, 0.1) is 10.7 Å². The van der Waals surface area contributed by atoms with Gasteiger partial charge in [-0.2, -0.15) is 0 Å². The first-order valence-electron chi connectivity index (χ1n) is 7.36. The molecule has 25 heavy (non-hydrogen) atoms. The molecule has 10 heteroatoms. The number of aromatic nitrogens is 2. The molecule has 0 bridgehead atoms. The SMILES string of the molecule is CS(=O)(=O)c1nc2c(c(=O)[nH]1)CCN(Cc1cc(F)c(O)c(Cl)c1)C2. The first-order valence-corrected chi connectivity index (χ1v) is 9.63. The number of phenols is 1. The smallest absolute Gasteiger partial charge is 0.255 e. The number of benzene rings is 1. The minimum Gasteiger partial charge on any atom is -0.504 e. The number of nitrogens with one attached hydrogen (secondary N) is 1. The molecule has 2 N–H and O–H groups in total. The van der Waals surface area contributed by atoms with Crippen LogP contribution in [0.5, 0.6) is 5.75 Å². The van der Waals surface area contributed by atoms with Crippen molar-refractivity contribution in [3.05, 3.63) is 50.1 Å². The van der Waals surface area contributed by atoms with Gasteiger partial charge in [0.1, 0.15) is 0 Å². The van der Waals surface area contributed by atoms with Gasteiger partial charge < -0.3 is 5.11 Å². The summed E-state index contributed by atoms with van der Waals surface area (Å²) < 4.78 is 36.8. The molecule has 2 aromatic rings. The predicted octanol–water partition coefficient (Wildman–Crippen LogP) is 1.23. The second-order valence-electron chi connectivity index (χ2n) is 5.94. The van der Waals surface area contributed by atoms with Gasteiger partial charge in [-0.1, -0.05) is 11.6 Å². The average molecular weight is 388 g/mol. The van der Waals surface area contributed by atoms with Crippen LogP contribution >= 0.6 is 11.6 Å². The van der Waals surface area contributed by atoms with Gasteiger partial charge >= 0.3 is 0 Å². The van der Waals surface area contributed by atoms with Crippen molar-refractivity contribution in [2.24, 2.45) is 0 Å². The summed E-state index contributed by atoms with van der Waals surface area (Å²) in [5.41, 5.74) is 0.945. The fraction of sp³-hybridized carbons (Fsp3) is 0.333. The second-order valence-corrected chi connectivity index (χ2v) is 8.28. The lowest BCUT2D eigenvalue weighted by atomic mass is 10.1. The van der Waals surface area contributed by atoms with E-state index in [1.807, 2.05) is 4.90 Å². The lowest BCUT2D eigenvalue weighted by molar-refractivity contribution is 0.239. The zero-order valence-corrected chi connectivity index (χ0v) is 14.8. The summed E-state index contributed by atoms with van der Waals surface area (Å²) in [6.45, 7) is 1.09. The molecular weight excluding hydrogens is 373 g/mol. The van der Waals surface area contributed by atoms with Gasteiger partial charge in [-0.05, 0) is 24.1 Å². The van der Waals surface area contributed by atoms with E-state index in [1.165, 1.54) is 12.1 Å². The maximum absolute atomic E-state index is 13.6. The molecule has 134 valence electrons. The topological polar surface area (TPSA) is 103 Å². The Morgan fingerprint density at radius 3 is 2.80 bits per heavy atom. The average Bonchev–Trinajstić information content (AvgIpc) is 2.51. The normalized spacial score (nSPS) is 15.2. The molecule has 2 heterocycles. The summed E-state index contributed by atoms with van der Waals surface area (Å²) in [6.07, 6.45) is 1.37. The Hall–Kier alpha value is -1.97. The lowest BCUT2D eigenvalue weighted by Crippen LogP contribution is -2.35. The third-order valence-corrected chi connectivity index (χ3v) is 5.15. The number of hydrogen-bond donors (Lipinski definition) is 2. The molecule has 0 spiro atoms. The standard InChI is InChI=1S/C15H15ClFN3O4S/c1-25(23,24)15-18-12-7-20(3-2-9(12)14(22)19-15)6-8-4-10(16)13(21)11(17)5-8/h4-5,21H,2-3,6-7H2,1H3,(H,18,19,22). The van der Waals surface area contributed by atoms with Crippen molar-refractivity contribution in [1.29, 1.82) is 0 Å². The van der Waals surface area contributed by atoms with Crippen LogP contribution in [0.2, 0.25) is 5.02 Å². The minimum absolute atomic E-state index is 0.0821. The maximum Gasteiger partial charge on any atom is 0.255 e. The summed E-state index contributed by atoms with van der Waals surface area (Å²) in [7, 11) is -3.63. The number of aromatic hydroxyl groups is 1. The summed E-state index contributed by atoms with van der Waals surface area (Å²) >= 11 is 5.78. The number of rotatable bonds is 3. The van der Waals surface area contributed by atoms with Crippen LogP contribution < -0.4 is 5.56 Å². The highest BCUT2D eigenvalue weighted by atomic mass is 35.5. The van der Waals surface area contributed by atoms with Crippen molar-refractivity contribution in [3.63, 3.8) is 0 Å². The van der Waals surface area contributed by atoms with E-state index in [-0.39, 0.29) is 16.7 Å². The van der Waals surface area contributed by atoms with E-state index >= 15 is 0 Å². The molecule has 1 aliphatic heterocycles. The molecule has 0 atom stereocenters. The minimum atomic E-state index is -3.63. The fourth-order valence-electron chi connectivity index (χ4n) is 2.75. The number of fused-ring (bicyclic) bond motifs is 1. The van der Waals surface area contributed by atoms with E-state index in [0.29, 0.717) is 36.3 Å². The van der Waals surface area contributed by atoms with E-state index in [9.17, 15) is 22.7 Å².